The predicted octanol–water partition coefficient (Wildman–Crippen LogP) is 2.52. The van der Waals surface area contributed by atoms with E-state index in [2.05, 4.69) is 4.90 Å². The average molecular weight is 304 g/mol. The number of amides is 1. The van der Waals surface area contributed by atoms with Gasteiger partial charge in [-0.25, -0.2) is 0 Å². The van der Waals surface area contributed by atoms with Crippen molar-refractivity contribution in [3.8, 4) is 0 Å². The molecule has 0 aromatic heterocycles. The van der Waals surface area contributed by atoms with Crippen molar-refractivity contribution in [3.05, 3.63) is 30.3 Å². The van der Waals surface area contributed by atoms with Gasteiger partial charge in [0.05, 0.1) is 6.54 Å². The molecule has 0 heterocycles. The summed E-state index contributed by atoms with van der Waals surface area (Å²) in [5, 5.41) is 9.22. The van der Waals surface area contributed by atoms with E-state index < -0.39 is 0 Å². The molecule has 1 aromatic rings. The number of carbonyl (C=O) groups is 1. The Kier molecular flexibility index (Phi) is 6.40. The maximum atomic E-state index is 12.6. The van der Waals surface area contributed by atoms with Gasteiger partial charge in [0.15, 0.2) is 0 Å². The van der Waals surface area contributed by atoms with E-state index in [0.717, 1.165) is 31.4 Å². The highest BCUT2D eigenvalue weighted by Gasteiger charge is 2.25. The molecule has 0 unspecified atom stereocenters. The SMILES string of the molecule is CCN(C(=O)CN(C)C1CCC(CO)CC1)c1ccccc1. The second-order valence-electron chi connectivity index (χ2n) is 6.25. The molecule has 4 nitrogen and oxygen atoms in total. The van der Waals surface area contributed by atoms with Crippen LogP contribution in [-0.4, -0.2) is 48.7 Å². The standard InChI is InChI=1S/C18H28N2O2/c1-3-20(17-7-5-4-6-8-17)18(22)13-19(2)16-11-9-15(14-21)10-12-16/h4-8,15-16,21H,3,9-14H2,1-2H3. The molecule has 0 aliphatic heterocycles. The fourth-order valence-electron chi connectivity index (χ4n) is 3.31. The quantitative estimate of drug-likeness (QED) is 0.878. The first-order valence-corrected chi connectivity index (χ1v) is 8.32. The lowest BCUT2D eigenvalue weighted by atomic mass is 9.86. The maximum Gasteiger partial charge on any atom is 0.241 e. The number of aliphatic hydroxyl groups excluding tert-OH is 1. The Hall–Kier alpha value is -1.39. The summed E-state index contributed by atoms with van der Waals surface area (Å²) in [6.45, 7) is 3.45. The highest BCUT2D eigenvalue weighted by Crippen LogP contribution is 2.26. The summed E-state index contributed by atoms with van der Waals surface area (Å²) in [7, 11) is 2.04. The molecule has 1 aromatic carbocycles. The number of nitrogens with zero attached hydrogens (tertiary/aromatic N) is 2. The van der Waals surface area contributed by atoms with E-state index in [1.165, 1.54) is 0 Å². The normalized spacial score (nSPS) is 21.8. The maximum absolute atomic E-state index is 12.6. The van der Waals surface area contributed by atoms with E-state index >= 15 is 0 Å². The van der Waals surface area contributed by atoms with Crippen molar-refractivity contribution >= 4 is 11.6 Å². The van der Waals surface area contributed by atoms with Crippen LogP contribution in [0.15, 0.2) is 30.3 Å². The van der Waals surface area contributed by atoms with Crippen LogP contribution in [0, 0.1) is 5.92 Å². The predicted molar refractivity (Wildman–Crippen MR) is 89.9 cm³/mol. The van der Waals surface area contributed by atoms with Gasteiger partial charge < -0.3 is 10.0 Å². The Morgan fingerprint density at radius 3 is 2.36 bits per heavy atom. The molecule has 1 fully saturated rings. The largest absolute Gasteiger partial charge is 0.396 e. The van der Waals surface area contributed by atoms with Gasteiger partial charge in [-0.1, -0.05) is 18.2 Å². The first-order chi connectivity index (χ1) is 10.7. The minimum absolute atomic E-state index is 0.153. The molecule has 1 amide bonds. The lowest BCUT2D eigenvalue weighted by molar-refractivity contribution is -0.120. The van der Waals surface area contributed by atoms with Crippen molar-refractivity contribution in [2.24, 2.45) is 5.92 Å². The minimum atomic E-state index is 0.153. The van der Waals surface area contributed by atoms with Gasteiger partial charge in [0.1, 0.15) is 0 Å². The van der Waals surface area contributed by atoms with E-state index in [1.807, 2.05) is 49.2 Å². The summed E-state index contributed by atoms with van der Waals surface area (Å²) in [5.74, 6) is 0.609. The van der Waals surface area contributed by atoms with Gasteiger partial charge in [-0.2, -0.15) is 0 Å². The van der Waals surface area contributed by atoms with E-state index in [4.69, 9.17) is 0 Å². The minimum Gasteiger partial charge on any atom is -0.396 e. The van der Waals surface area contributed by atoms with Gasteiger partial charge in [-0.15, -0.1) is 0 Å². The summed E-state index contributed by atoms with van der Waals surface area (Å²) in [5.41, 5.74) is 0.965. The summed E-state index contributed by atoms with van der Waals surface area (Å²) in [4.78, 5) is 16.6. The molecule has 4 heteroatoms. The summed E-state index contributed by atoms with van der Waals surface area (Å²) in [6, 6.07) is 10.3. The fraction of sp³-hybridized carbons (Fsp3) is 0.611. The van der Waals surface area contributed by atoms with Crippen molar-refractivity contribution in [2.75, 3.05) is 31.6 Å². The second-order valence-corrected chi connectivity index (χ2v) is 6.25. The fourth-order valence-corrected chi connectivity index (χ4v) is 3.31. The highest BCUT2D eigenvalue weighted by atomic mass is 16.3. The van der Waals surface area contributed by atoms with Gasteiger partial charge in [0.25, 0.3) is 0 Å². The molecular formula is C18H28N2O2. The summed E-state index contributed by atoms with van der Waals surface area (Å²) in [6.07, 6.45) is 4.28. The molecule has 0 bridgehead atoms. The number of benzene rings is 1. The van der Waals surface area contributed by atoms with Gasteiger partial charge >= 0.3 is 0 Å². The second kappa shape index (κ2) is 8.30. The number of carbonyl (C=O) groups excluding carboxylic acids is 1. The molecule has 1 N–H and O–H groups in total. The smallest absolute Gasteiger partial charge is 0.241 e. The van der Waals surface area contributed by atoms with Crippen LogP contribution in [0.4, 0.5) is 5.69 Å². The Labute approximate surface area is 133 Å². The van der Waals surface area contributed by atoms with Crippen LogP contribution in [0.25, 0.3) is 0 Å². The third kappa shape index (κ3) is 4.31. The first kappa shape index (κ1) is 17.0. The van der Waals surface area contributed by atoms with Crippen LogP contribution in [0.3, 0.4) is 0 Å². The zero-order valence-corrected chi connectivity index (χ0v) is 13.7. The Bertz CT molecular complexity index is 455. The number of hydrogen-bond acceptors (Lipinski definition) is 3. The van der Waals surface area contributed by atoms with Crippen molar-refractivity contribution in [3.63, 3.8) is 0 Å². The van der Waals surface area contributed by atoms with Gasteiger partial charge in [0, 0.05) is 24.9 Å². The lowest BCUT2D eigenvalue weighted by Crippen LogP contribution is -2.44. The van der Waals surface area contributed by atoms with Crippen molar-refractivity contribution in [1.29, 1.82) is 0 Å². The first-order valence-electron chi connectivity index (χ1n) is 8.32. The van der Waals surface area contributed by atoms with Crippen LogP contribution in [0.1, 0.15) is 32.6 Å². The van der Waals surface area contributed by atoms with Crippen LogP contribution in [0.2, 0.25) is 0 Å². The molecule has 0 saturated heterocycles. The number of aliphatic hydroxyl groups is 1. The van der Waals surface area contributed by atoms with Gasteiger partial charge in [0.2, 0.25) is 5.91 Å². The van der Waals surface area contributed by atoms with Crippen LogP contribution < -0.4 is 4.90 Å². The van der Waals surface area contributed by atoms with E-state index in [9.17, 15) is 9.90 Å². The average Bonchev–Trinajstić information content (AvgIpc) is 2.56. The molecule has 1 aliphatic rings. The topological polar surface area (TPSA) is 43.8 Å². The van der Waals surface area contributed by atoms with Gasteiger partial charge in [-0.05, 0) is 57.7 Å². The zero-order chi connectivity index (χ0) is 15.9. The number of hydrogen-bond donors (Lipinski definition) is 1. The van der Waals surface area contributed by atoms with Crippen molar-refractivity contribution in [2.45, 2.75) is 38.6 Å². The molecular weight excluding hydrogens is 276 g/mol. The van der Waals surface area contributed by atoms with Crippen LogP contribution in [0.5, 0.6) is 0 Å². The Morgan fingerprint density at radius 1 is 1.18 bits per heavy atom. The third-order valence-electron chi connectivity index (χ3n) is 4.77. The summed E-state index contributed by atoms with van der Waals surface area (Å²) >= 11 is 0. The molecule has 0 atom stereocenters. The highest BCUT2D eigenvalue weighted by molar-refractivity contribution is 5.94. The summed E-state index contributed by atoms with van der Waals surface area (Å²) < 4.78 is 0. The van der Waals surface area contributed by atoms with E-state index in [0.29, 0.717) is 31.7 Å². The molecule has 1 aliphatic carbocycles. The monoisotopic (exact) mass is 304 g/mol. The van der Waals surface area contributed by atoms with Crippen LogP contribution in [-0.2, 0) is 4.79 Å². The Balaban J connectivity index is 1.90. The van der Waals surface area contributed by atoms with Crippen molar-refractivity contribution in [1.82, 2.24) is 4.90 Å². The third-order valence-corrected chi connectivity index (χ3v) is 4.77. The number of anilines is 1. The number of rotatable bonds is 6. The number of para-hydroxylation sites is 1. The molecule has 122 valence electrons. The molecule has 1 saturated carbocycles. The molecule has 2 rings (SSSR count). The van der Waals surface area contributed by atoms with Gasteiger partial charge in [-0.3, -0.25) is 9.69 Å². The molecule has 0 spiro atoms. The van der Waals surface area contributed by atoms with Crippen molar-refractivity contribution < 1.29 is 9.90 Å². The Morgan fingerprint density at radius 2 is 1.82 bits per heavy atom. The molecule has 0 radical (unpaired) electrons. The lowest BCUT2D eigenvalue weighted by Gasteiger charge is -2.34. The molecule has 22 heavy (non-hydrogen) atoms. The number of likely N-dealkylation sites (N-methyl/N-ethyl adjacent to an activating group) is 2. The van der Waals surface area contributed by atoms with E-state index in [-0.39, 0.29) is 5.91 Å². The van der Waals surface area contributed by atoms with E-state index in [1.54, 1.807) is 0 Å². The zero-order valence-electron chi connectivity index (χ0n) is 13.7. The van der Waals surface area contributed by atoms with Crippen LogP contribution >= 0.6 is 0 Å².